The fourth-order valence-electron chi connectivity index (χ4n) is 1.76. The fourth-order valence-corrected chi connectivity index (χ4v) is 1.76. The van der Waals surface area contributed by atoms with E-state index in [9.17, 15) is 0 Å². The molecule has 2 heterocycles. The van der Waals surface area contributed by atoms with Crippen molar-refractivity contribution in [2.75, 3.05) is 20.6 Å². The van der Waals surface area contributed by atoms with Crippen LogP contribution in [0.1, 0.15) is 12.5 Å². The van der Waals surface area contributed by atoms with Crippen LogP contribution in [-0.2, 0) is 6.54 Å². The van der Waals surface area contributed by atoms with Crippen molar-refractivity contribution in [3.8, 4) is 0 Å². The standard InChI is InChI=1S/C13H20N4/c1-10(17(2)3)7-14-8-11-9-16-13-12(11)5-4-6-15-13/h4-6,9-10,14H,7-8H2,1-3H3,(H,15,16). The largest absolute Gasteiger partial charge is 0.346 e. The molecule has 0 amide bonds. The summed E-state index contributed by atoms with van der Waals surface area (Å²) < 4.78 is 0. The molecule has 0 aliphatic rings. The highest BCUT2D eigenvalue weighted by molar-refractivity contribution is 5.79. The first kappa shape index (κ1) is 12.1. The minimum atomic E-state index is 0.540. The van der Waals surface area contributed by atoms with Crippen molar-refractivity contribution in [2.45, 2.75) is 19.5 Å². The number of hydrogen-bond acceptors (Lipinski definition) is 3. The Hall–Kier alpha value is -1.39. The summed E-state index contributed by atoms with van der Waals surface area (Å²) in [7, 11) is 4.20. The Morgan fingerprint density at radius 1 is 1.47 bits per heavy atom. The number of pyridine rings is 1. The van der Waals surface area contributed by atoms with Crippen molar-refractivity contribution in [1.29, 1.82) is 0 Å². The highest BCUT2D eigenvalue weighted by Crippen LogP contribution is 2.14. The summed E-state index contributed by atoms with van der Waals surface area (Å²) in [5, 5.41) is 4.68. The normalized spacial score (nSPS) is 13.4. The predicted molar refractivity (Wildman–Crippen MR) is 70.9 cm³/mol. The predicted octanol–water partition coefficient (Wildman–Crippen LogP) is 1.60. The lowest BCUT2D eigenvalue weighted by atomic mass is 10.2. The number of nitrogens with one attached hydrogen (secondary N) is 2. The van der Waals surface area contributed by atoms with Crippen LogP contribution in [0.4, 0.5) is 0 Å². The molecule has 0 radical (unpaired) electrons. The lowest BCUT2D eigenvalue weighted by molar-refractivity contribution is 0.303. The number of nitrogens with zero attached hydrogens (tertiary/aromatic N) is 2. The molecule has 17 heavy (non-hydrogen) atoms. The number of aromatic amines is 1. The number of aromatic nitrogens is 2. The van der Waals surface area contributed by atoms with Crippen LogP contribution in [0.15, 0.2) is 24.5 Å². The van der Waals surface area contributed by atoms with Gasteiger partial charge in [-0.25, -0.2) is 4.98 Å². The van der Waals surface area contributed by atoms with Crippen molar-refractivity contribution in [1.82, 2.24) is 20.2 Å². The van der Waals surface area contributed by atoms with Gasteiger partial charge in [-0.1, -0.05) is 0 Å². The third kappa shape index (κ3) is 2.84. The zero-order chi connectivity index (χ0) is 12.3. The van der Waals surface area contributed by atoms with E-state index in [1.165, 1.54) is 10.9 Å². The second-order valence-electron chi connectivity index (χ2n) is 4.66. The zero-order valence-electron chi connectivity index (χ0n) is 10.7. The van der Waals surface area contributed by atoms with Crippen LogP contribution in [0.2, 0.25) is 0 Å². The van der Waals surface area contributed by atoms with Gasteiger partial charge in [0.1, 0.15) is 5.65 Å². The molecule has 0 fully saturated rings. The summed E-state index contributed by atoms with van der Waals surface area (Å²) in [6.07, 6.45) is 3.84. The molecular formula is C13H20N4. The molecule has 2 rings (SSSR count). The van der Waals surface area contributed by atoms with E-state index in [0.29, 0.717) is 6.04 Å². The second-order valence-corrected chi connectivity index (χ2v) is 4.66. The smallest absolute Gasteiger partial charge is 0.137 e. The number of hydrogen-bond donors (Lipinski definition) is 2. The Morgan fingerprint density at radius 2 is 2.29 bits per heavy atom. The van der Waals surface area contributed by atoms with Crippen molar-refractivity contribution < 1.29 is 0 Å². The quantitative estimate of drug-likeness (QED) is 0.823. The van der Waals surface area contributed by atoms with Gasteiger partial charge in [0.05, 0.1) is 0 Å². The van der Waals surface area contributed by atoms with E-state index in [0.717, 1.165) is 18.7 Å². The SMILES string of the molecule is CC(CNCc1c[nH]c2ncccc12)N(C)C. The third-order valence-corrected chi connectivity index (χ3v) is 3.17. The van der Waals surface area contributed by atoms with Crippen LogP contribution in [0.5, 0.6) is 0 Å². The molecule has 0 aromatic carbocycles. The van der Waals surface area contributed by atoms with Gasteiger partial charge in [-0.15, -0.1) is 0 Å². The minimum absolute atomic E-state index is 0.540. The van der Waals surface area contributed by atoms with Crippen LogP contribution in [-0.4, -0.2) is 41.5 Å². The number of likely N-dealkylation sites (N-methyl/N-ethyl adjacent to an activating group) is 1. The average Bonchev–Trinajstić information content (AvgIpc) is 2.72. The van der Waals surface area contributed by atoms with Gasteiger partial charge in [0.25, 0.3) is 0 Å². The van der Waals surface area contributed by atoms with Gasteiger partial charge in [0, 0.05) is 36.9 Å². The highest BCUT2D eigenvalue weighted by Gasteiger charge is 2.06. The molecule has 4 heteroatoms. The minimum Gasteiger partial charge on any atom is -0.346 e. The summed E-state index contributed by atoms with van der Waals surface area (Å²) in [5.74, 6) is 0. The summed E-state index contributed by atoms with van der Waals surface area (Å²) >= 11 is 0. The van der Waals surface area contributed by atoms with E-state index in [-0.39, 0.29) is 0 Å². The molecule has 0 bridgehead atoms. The van der Waals surface area contributed by atoms with Crippen LogP contribution in [0.25, 0.3) is 11.0 Å². The number of rotatable bonds is 5. The average molecular weight is 232 g/mol. The summed E-state index contributed by atoms with van der Waals surface area (Å²) in [6, 6.07) is 4.62. The van der Waals surface area contributed by atoms with Crippen molar-refractivity contribution in [2.24, 2.45) is 0 Å². The molecule has 2 aromatic rings. The zero-order valence-corrected chi connectivity index (χ0v) is 10.7. The fraction of sp³-hybridized carbons (Fsp3) is 0.462. The van der Waals surface area contributed by atoms with E-state index < -0.39 is 0 Å². The molecular weight excluding hydrogens is 212 g/mol. The monoisotopic (exact) mass is 232 g/mol. The molecule has 0 saturated heterocycles. The van der Waals surface area contributed by atoms with Gasteiger partial charge >= 0.3 is 0 Å². The maximum absolute atomic E-state index is 4.28. The second kappa shape index (κ2) is 5.29. The Morgan fingerprint density at radius 3 is 3.06 bits per heavy atom. The van der Waals surface area contributed by atoms with Crippen LogP contribution >= 0.6 is 0 Å². The molecule has 0 saturated carbocycles. The highest BCUT2D eigenvalue weighted by atomic mass is 15.1. The molecule has 4 nitrogen and oxygen atoms in total. The van der Waals surface area contributed by atoms with Gasteiger partial charge in [0.2, 0.25) is 0 Å². The van der Waals surface area contributed by atoms with Gasteiger partial charge in [0.15, 0.2) is 0 Å². The lowest BCUT2D eigenvalue weighted by Gasteiger charge is -2.19. The van der Waals surface area contributed by atoms with E-state index in [4.69, 9.17) is 0 Å². The summed E-state index contributed by atoms with van der Waals surface area (Å²) in [6.45, 7) is 4.08. The van der Waals surface area contributed by atoms with E-state index in [1.54, 1.807) is 0 Å². The van der Waals surface area contributed by atoms with Gasteiger partial charge in [-0.2, -0.15) is 0 Å². The van der Waals surface area contributed by atoms with Gasteiger partial charge < -0.3 is 15.2 Å². The first-order chi connectivity index (χ1) is 8.18. The van der Waals surface area contributed by atoms with Crippen LogP contribution < -0.4 is 5.32 Å². The van der Waals surface area contributed by atoms with Crippen molar-refractivity contribution in [3.63, 3.8) is 0 Å². The summed E-state index contributed by atoms with van der Waals surface area (Å²) in [5.41, 5.74) is 2.24. The van der Waals surface area contributed by atoms with E-state index in [2.05, 4.69) is 47.3 Å². The topological polar surface area (TPSA) is 44.0 Å². The first-order valence-corrected chi connectivity index (χ1v) is 5.96. The van der Waals surface area contributed by atoms with Crippen LogP contribution in [0, 0.1) is 0 Å². The third-order valence-electron chi connectivity index (χ3n) is 3.17. The van der Waals surface area contributed by atoms with Gasteiger partial charge in [-0.3, -0.25) is 0 Å². The van der Waals surface area contributed by atoms with E-state index in [1.807, 2.05) is 18.5 Å². The van der Waals surface area contributed by atoms with Gasteiger partial charge in [-0.05, 0) is 38.7 Å². The maximum atomic E-state index is 4.28. The van der Waals surface area contributed by atoms with Crippen molar-refractivity contribution in [3.05, 3.63) is 30.1 Å². The lowest BCUT2D eigenvalue weighted by Crippen LogP contribution is -2.35. The molecule has 92 valence electrons. The Bertz CT molecular complexity index is 475. The molecule has 0 aliphatic carbocycles. The number of H-pyrrole nitrogens is 1. The molecule has 0 spiro atoms. The molecule has 2 aromatic heterocycles. The number of fused-ring (bicyclic) bond motifs is 1. The molecule has 0 aliphatic heterocycles. The Labute approximate surface area is 102 Å². The molecule has 1 atom stereocenters. The van der Waals surface area contributed by atoms with E-state index >= 15 is 0 Å². The van der Waals surface area contributed by atoms with Crippen molar-refractivity contribution >= 4 is 11.0 Å². The first-order valence-electron chi connectivity index (χ1n) is 5.96. The van der Waals surface area contributed by atoms with Crippen LogP contribution in [0.3, 0.4) is 0 Å². The Kier molecular flexibility index (Phi) is 3.76. The molecule has 2 N–H and O–H groups in total. The summed E-state index contributed by atoms with van der Waals surface area (Å²) in [4.78, 5) is 9.68. The maximum Gasteiger partial charge on any atom is 0.137 e. The Balaban J connectivity index is 1.95. The molecule has 1 unspecified atom stereocenters.